The molecule has 2 amide bonds. The summed E-state index contributed by atoms with van der Waals surface area (Å²) in [5.74, 6) is -0.579. The Hall–Kier alpha value is -3.41. The average Bonchev–Trinajstić information content (AvgIpc) is 3.20. The number of esters is 1. The molecule has 0 saturated heterocycles. The zero-order valence-corrected chi connectivity index (χ0v) is 16.4. The minimum Gasteiger partial charge on any atom is -0.427 e. The highest BCUT2D eigenvalue weighted by molar-refractivity contribution is 6.05. The molecule has 29 heavy (non-hydrogen) atoms. The van der Waals surface area contributed by atoms with E-state index in [-0.39, 0.29) is 11.8 Å². The fraction of sp³-hybridized carbons (Fsp3) is 0.261. The average molecular weight is 392 g/mol. The third kappa shape index (κ3) is 6.04. The monoisotopic (exact) mass is 392 g/mol. The number of ether oxygens (including phenoxy) is 1. The number of para-hydroxylation sites is 1. The minimum atomic E-state index is -0.448. The van der Waals surface area contributed by atoms with E-state index in [4.69, 9.17) is 4.74 Å². The van der Waals surface area contributed by atoms with Gasteiger partial charge in [0.1, 0.15) is 5.75 Å². The number of nitrogens with one attached hydrogen (secondary N) is 2. The second-order valence-corrected chi connectivity index (χ2v) is 6.96. The van der Waals surface area contributed by atoms with Crippen molar-refractivity contribution in [2.24, 2.45) is 0 Å². The van der Waals surface area contributed by atoms with Gasteiger partial charge >= 0.3 is 5.97 Å². The lowest BCUT2D eigenvalue weighted by Gasteiger charge is -2.12. The molecule has 2 aromatic carbocycles. The molecule has 3 rings (SSSR count). The van der Waals surface area contributed by atoms with E-state index in [0.717, 1.165) is 31.2 Å². The molecule has 0 spiro atoms. The zero-order valence-electron chi connectivity index (χ0n) is 16.4. The van der Waals surface area contributed by atoms with Crippen molar-refractivity contribution in [1.82, 2.24) is 5.32 Å². The van der Waals surface area contributed by atoms with Gasteiger partial charge in [0.25, 0.3) is 5.91 Å². The third-order valence-electron chi connectivity index (χ3n) is 4.66. The van der Waals surface area contributed by atoms with Crippen molar-refractivity contribution < 1.29 is 19.1 Å². The Kier molecular flexibility index (Phi) is 6.79. The van der Waals surface area contributed by atoms with Gasteiger partial charge in [0.05, 0.1) is 0 Å². The van der Waals surface area contributed by atoms with E-state index in [1.54, 1.807) is 30.3 Å². The maximum Gasteiger partial charge on any atom is 0.308 e. The quantitative estimate of drug-likeness (QED) is 0.442. The molecule has 2 N–H and O–H groups in total. The highest BCUT2D eigenvalue weighted by atomic mass is 16.5. The molecular weight excluding hydrogens is 368 g/mol. The summed E-state index contributed by atoms with van der Waals surface area (Å²) < 4.78 is 5.03. The lowest BCUT2D eigenvalue weighted by Crippen LogP contribution is -2.22. The van der Waals surface area contributed by atoms with Crippen LogP contribution in [0, 0.1) is 0 Å². The van der Waals surface area contributed by atoms with Crippen molar-refractivity contribution in [2.45, 2.75) is 39.2 Å². The molecule has 2 aromatic rings. The van der Waals surface area contributed by atoms with Crippen LogP contribution in [-0.2, 0) is 16.1 Å². The first-order chi connectivity index (χ1) is 14.0. The molecule has 1 aliphatic rings. The first-order valence-electron chi connectivity index (χ1n) is 9.66. The van der Waals surface area contributed by atoms with Crippen LogP contribution < -0.4 is 15.4 Å². The fourth-order valence-electron chi connectivity index (χ4n) is 3.25. The number of benzene rings is 2. The normalized spacial score (nSPS) is 12.9. The smallest absolute Gasteiger partial charge is 0.308 e. The molecule has 0 aromatic heterocycles. The number of carbonyl (C=O) groups is 3. The van der Waals surface area contributed by atoms with Gasteiger partial charge in [-0.05, 0) is 55.5 Å². The summed E-state index contributed by atoms with van der Waals surface area (Å²) in [7, 11) is 0. The fourth-order valence-corrected chi connectivity index (χ4v) is 3.25. The summed E-state index contributed by atoms with van der Waals surface area (Å²) in [5.41, 5.74) is 2.98. The minimum absolute atomic E-state index is 0.114. The predicted octanol–water partition coefficient (Wildman–Crippen LogP) is 3.98. The number of anilines is 1. The van der Waals surface area contributed by atoms with Crippen LogP contribution in [0.3, 0.4) is 0 Å². The molecule has 6 nitrogen and oxygen atoms in total. The Labute approximate surface area is 170 Å². The molecule has 0 bridgehead atoms. The van der Waals surface area contributed by atoms with Gasteiger partial charge in [0.15, 0.2) is 0 Å². The SMILES string of the molecule is CC(=O)Oc1cccc(C(=O)Nc2ccccc2CNC(=O)C=C2CCCC2)c1. The van der Waals surface area contributed by atoms with Crippen LogP contribution in [0.5, 0.6) is 5.75 Å². The molecule has 1 aliphatic carbocycles. The molecule has 0 heterocycles. The van der Waals surface area contributed by atoms with Crippen LogP contribution in [0.4, 0.5) is 5.69 Å². The van der Waals surface area contributed by atoms with Gasteiger partial charge in [-0.1, -0.05) is 29.8 Å². The van der Waals surface area contributed by atoms with Crippen LogP contribution in [0.1, 0.15) is 48.5 Å². The second-order valence-electron chi connectivity index (χ2n) is 6.96. The lowest BCUT2D eigenvalue weighted by atomic mass is 10.1. The number of allylic oxidation sites excluding steroid dienone is 1. The van der Waals surface area contributed by atoms with Gasteiger partial charge in [-0.2, -0.15) is 0 Å². The molecule has 1 fully saturated rings. The van der Waals surface area contributed by atoms with Crippen LogP contribution in [0.25, 0.3) is 0 Å². The molecule has 0 unspecified atom stereocenters. The van der Waals surface area contributed by atoms with Crippen LogP contribution in [-0.4, -0.2) is 17.8 Å². The highest BCUT2D eigenvalue weighted by Crippen LogP contribution is 2.23. The van der Waals surface area contributed by atoms with Crippen molar-refractivity contribution >= 4 is 23.5 Å². The van der Waals surface area contributed by atoms with E-state index in [0.29, 0.717) is 23.5 Å². The van der Waals surface area contributed by atoms with Crippen molar-refractivity contribution in [1.29, 1.82) is 0 Å². The summed E-state index contributed by atoms with van der Waals surface area (Å²) in [4.78, 5) is 35.9. The van der Waals surface area contributed by atoms with Crippen molar-refractivity contribution in [2.75, 3.05) is 5.32 Å². The number of amides is 2. The van der Waals surface area contributed by atoms with Crippen molar-refractivity contribution in [3.8, 4) is 5.75 Å². The van der Waals surface area contributed by atoms with E-state index < -0.39 is 5.97 Å². The number of hydrogen-bond acceptors (Lipinski definition) is 4. The van der Waals surface area contributed by atoms with Crippen LogP contribution >= 0.6 is 0 Å². The lowest BCUT2D eigenvalue weighted by molar-refractivity contribution is -0.131. The predicted molar refractivity (Wildman–Crippen MR) is 111 cm³/mol. The first-order valence-corrected chi connectivity index (χ1v) is 9.66. The molecule has 1 saturated carbocycles. The van der Waals surface area contributed by atoms with Gasteiger partial charge in [-0.3, -0.25) is 14.4 Å². The molecule has 0 aliphatic heterocycles. The Morgan fingerprint density at radius 1 is 1.03 bits per heavy atom. The number of hydrogen-bond donors (Lipinski definition) is 2. The Balaban J connectivity index is 1.65. The standard InChI is InChI=1S/C23H24N2O4/c1-16(26)29-20-11-6-10-18(14-20)23(28)25-21-12-5-4-9-19(21)15-24-22(27)13-17-7-2-3-8-17/h4-6,9-14H,2-3,7-8,15H2,1H3,(H,24,27)(H,25,28). The van der Waals surface area contributed by atoms with Gasteiger partial charge < -0.3 is 15.4 Å². The Morgan fingerprint density at radius 2 is 1.79 bits per heavy atom. The summed E-state index contributed by atoms with van der Waals surface area (Å²) in [6, 6.07) is 13.7. The summed E-state index contributed by atoms with van der Waals surface area (Å²) in [6.45, 7) is 1.62. The van der Waals surface area contributed by atoms with E-state index >= 15 is 0 Å². The Morgan fingerprint density at radius 3 is 2.55 bits per heavy atom. The Bertz CT molecular complexity index is 941. The van der Waals surface area contributed by atoms with Crippen LogP contribution in [0.2, 0.25) is 0 Å². The number of carbonyl (C=O) groups excluding carboxylic acids is 3. The van der Waals surface area contributed by atoms with E-state index in [2.05, 4.69) is 10.6 Å². The maximum atomic E-state index is 12.6. The number of rotatable bonds is 6. The summed E-state index contributed by atoms with van der Waals surface area (Å²) in [5, 5.41) is 5.74. The molecule has 150 valence electrons. The molecule has 0 radical (unpaired) electrons. The van der Waals surface area contributed by atoms with Gasteiger partial charge in [-0.15, -0.1) is 0 Å². The summed E-state index contributed by atoms with van der Waals surface area (Å²) in [6.07, 6.45) is 5.97. The largest absolute Gasteiger partial charge is 0.427 e. The van der Waals surface area contributed by atoms with Gasteiger partial charge in [-0.25, -0.2) is 0 Å². The van der Waals surface area contributed by atoms with Crippen LogP contribution in [0.15, 0.2) is 60.2 Å². The molecule has 6 heteroatoms. The maximum absolute atomic E-state index is 12.6. The van der Waals surface area contributed by atoms with E-state index in [9.17, 15) is 14.4 Å². The first kappa shape index (κ1) is 20.3. The molecule has 0 atom stereocenters. The van der Waals surface area contributed by atoms with Crippen molar-refractivity contribution in [3.63, 3.8) is 0 Å². The second kappa shape index (κ2) is 9.68. The van der Waals surface area contributed by atoms with E-state index in [1.165, 1.54) is 18.6 Å². The summed E-state index contributed by atoms with van der Waals surface area (Å²) >= 11 is 0. The zero-order chi connectivity index (χ0) is 20.6. The topological polar surface area (TPSA) is 84.5 Å². The van der Waals surface area contributed by atoms with E-state index in [1.807, 2.05) is 18.2 Å². The molecular formula is C23H24N2O4. The third-order valence-corrected chi connectivity index (χ3v) is 4.66. The highest BCUT2D eigenvalue weighted by Gasteiger charge is 2.12. The van der Waals surface area contributed by atoms with Gasteiger partial charge in [0.2, 0.25) is 5.91 Å². The van der Waals surface area contributed by atoms with Crippen molar-refractivity contribution in [3.05, 3.63) is 71.3 Å². The van der Waals surface area contributed by atoms with Gasteiger partial charge in [0, 0.05) is 30.8 Å².